The van der Waals surface area contributed by atoms with Crippen molar-refractivity contribution in [3.8, 4) is 0 Å². The molecule has 0 fully saturated rings. The molecule has 0 radical (unpaired) electrons. The number of amides is 1. The van der Waals surface area contributed by atoms with Crippen LogP contribution in [0.5, 0.6) is 0 Å². The van der Waals surface area contributed by atoms with Gasteiger partial charge < -0.3 is 11.1 Å². The summed E-state index contributed by atoms with van der Waals surface area (Å²) < 4.78 is 11.3. The predicted molar refractivity (Wildman–Crippen MR) is 87.6 cm³/mol. The van der Waals surface area contributed by atoms with Gasteiger partial charge in [0.1, 0.15) is 0 Å². The summed E-state index contributed by atoms with van der Waals surface area (Å²) in [7, 11) is -0.901. The first-order valence-electron chi connectivity index (χ1n) is 6.28. The van der Waals surface area contributed by atoms with Crippen molar-refractivity contribution in [2.24, 2.45) is 11.7 Å². The zero-order chi connectivity index (χ0) is 14.6. The summed E-state index contributed by atoms with van der Waals surface area (Å²) in [5.41, 5.74) is 8.49. The number of carbonyl (C=O) groups is 1. The first-order chi connectivity index (χ1) is 8.82. The van der Waals surface area contributed by atoms with Gasteiger partial charge in [-0.1, -0.05) is 26.0 Å². The van der Waals surface area contributed by atoms with E-state index in [2.05, 4.69) is 5.32 Å². The maximum Gasteiger partial charge on any atom is 0.241 e. The molecule has 0 saturated heterocycles. The molecule has 1 unspecified atom stereocenters. The first kappa shape index (κ1) is 19.1. The van der Waals surface area contributed by atoms with Crippen molar-refractivity contribution < 1.29 is 9.00 Å². The number of anilines is 1. The third-order valence-electron chi connectivity index (χ3n) is 3.08. The smallest absolute Gasteiger partial charge is 0.241 e. The Kier molecular flexibility index (Phi) is 8.01. The van der Waals surface area contributed by atoms with Crippen molar-refractivity contribution in [2.75, 3.05) is 11.6 Å². The number of rotatable bonds is 5. The lowest BCUT2D eigenvalue weighted by molar-refractivity contribution is -0.118. The lowest BCUT2D eigenvalue weighted by Gasteiger charge is -2.17. The third-order valence-corrected chi connectivity index (χ3v) is 3.80. The van der Waals surface area contributed by atoms with Gasteiger partial charge in [0, 0.05) is 28.5 Å². The van der Waals surface area contributed by atoms with Crippen molar-refractivity contribution >= 4 is 34.8 Å². The minimum absolute atomic E-state index is 0. The lowest BCUT2D eigenvalue weighted by atomic mass is 10.0. The molecule has 0 spiro atoms. The molecule has 1 aromatic carbocycles. The summed E-state index contributed by atoms with van der Waals surface area (Å²) in [6, 6.07) is 5.09. The summed E-state index contributed by atoms with van der Waals surface area (Å²) in [5.74, 6) is 0.394. The van der Waals surface area contributed by atoms with Crippen LogP contribution in [0.25, 0.3) is 0 Å². The highest BCUT2D eigenvalue weighted by molar-refractivity contribution is 7.83. The van der Waals surface area contributed by atoms with Gasteiger partial charge in [-0.2, -0.15) is 0 Å². The number of halogens is 1. The highest BCUT2D eigenvalue weighted by atomic mass is 35.5. The normalized spacial score (nSPS) is 13.5. The second kappa shape index (κ2) is 8.39. The molecule has 0 aliphatic carbocycles. The zero-order valence-corrected chi connectivity index (χ0v) is 13.9. The van der Waals surface area contributed by atoms with Crippen LogP contribution >= 0.6 is 12.4 Å². The van der Waals surface area contributed by atoms with E-state index < -0.39 is 16.8 Å². The van der Waals surface area contributed by atoms with Crippen LogP contribution in [0.4, 0.5) is 5.69 Å². The summed E-state index contributed by atoms with van der Waals surface area (Å²) in [6.45, 7) is 5.74. The molecule has 1 rings (SSSR count). The van der Waals surface area contributed by atoms with Crippen LogP contribution in [0.15, 0.2) is 18.2 Å². The quantitative estimate of drug-likeness (QED) is 0.874. The van der Waals surface area contributed by atoms with Gasteiger partial charge >= 0.3 is 0 Å². The van der Waals surface area contributed by atoms with Crippen LogP contribution in [0.1, 0.15) is 25.0 Å². The second-order valence-electron chi connectivity index (χ2n) is 5.07. The zero-order valence-electron chi connectivity index (χ0n) is 12.3. The molecule has 4 nitrogen and oxygen atoms in total. The standard InChI is InChI=1S/C14H22N2O2S.ClH/c1-9(2)13(15)14(17)16-12-7-5-6-11(10(12)3)8-19(4)18;/h5-7,9,13H,8,15H2,1-4H3,(H,16,17);1H/t13-,19?;/m0./s1. The number of benzene rings is 1. The van der Waals surface area contributed by atoms with Crippen molar-refractivity contribution in [3.63, 3.8) is 0 Å². The van der Waals surface area contributed by atoms with Crippen LogP contribution in [0.2, 0.25) is 0 Å². The molecular formula is C14H23ClN2O2S. The van der Waals surface area contributed by atoms with Gasteiger partial charge in [0.25, 0.3) is 0 Å². The van der Waals surface area contributed by atoms with E-state index in [0.29, 0.717) is 5.75 Å². The van der Waals surface area contributed by atoms with E-state index in [9.17, 15) is 9.00 Å². The average molecular weight is 319 g/mol. The molecule has 2 atom stereocenters. The molecule has 0 bridgehead atoms. The Balaban J connectivity index is 0.00000361. The third kappa shape index (κ3) is 5.23. The Hall–Kier alpha value is -0.910. The van der Waals surface area contributed by atoms with E-state index in [-0.39, 0.29) is 24.2 Å². The minimum Gasteiger partial charge on any atom is -0.324 e. The molecule has 0 heterocycles. The SMILES string of the molecule is Cc1c(CS(C)=O)cccc1NC(=O)[C@@H](N)C(C)C.Cl. The Morgan fingerprint density at radius 2 is 2.00 bits per heavy atom. The number of hydrogen-bond acceptors (Lipinski definition) is 3. The van der Waals surface area contributed by atoms with Crippen molar-refractivity contribution in [1.29, 1.82) is 0 Å². The van der Waals surface area contributed by atoms with E-state index in [1.807, 2.05) is 39.0 Å². The Labute approximate surface area is 129 Å². The topological polar surface area (TPSA) is 72.2 Å². The van der Waals surface area contributed by atoms with Gasteiger partial charge in [-0.3, -0.25) is 9.00 Å². The summed E-state index contributed by atoms with van der Waals surface area (Å²) >= 11 is 0. The first-order valence-corrected chi connectivity index (χ1v) is 8.00. The summed E-state index contributed by atoms with van der Waals surface area (Å²) in [6.07, 6.45) is 1.67. The lowest BCUT2D eigenvalue weighted by Crippen LogP contribution is -2.39. The van der Waals surface area contributed by atoms with Crippen LogP contribution < -0.4 is 11.1 Å². The maximum atomic E-state index is 11.9. The van der Waals surface area contributed by atoms with Crippen molar-refractivity contribution in [2.45, 2.75) is 32.6 Å². The molecule has 1 amide bonds. The molecule has 20 heavy (non-hydrogen) atoms. The van der Waals surface area contributed by atoms with Gasteiger partial charge in [-0.05, 0) is 30.0 Å². The molecule has 3 N–H and O–H groups in total. The molecule has 0 aliphatic rings. The van der Waals surface area contributed by atoms with E-state index >= 15 is 0 Å². The van der Waals surface area contributed by atoms with Crippen LogP contribution in [0, 0.1) is 12.8 Å². The highest BCUT2D eigenvalue weighted by Crippen LogP contribution is 2.20. The second-order valence-corrected chi connectivity index (χ2v) is 6.50. The number of nitrogens with one attached hydrogen (secondary N) is 1. The fourth-order valence-corrected chi connectivity index (χ4v) is 2.46. The van der Waals surface area contributed by atoms with Crippen LogP contribution in [-0.4, -0.2) is 22.4 Å². The van der Waals surface area contributed by atoms with Crippen LogP contribution in [0.3, 0.4) is 0 Å². The fraction of sp³-hybridized carbons (Fsp3) is 0.500. The molecular weight excluding hydrogens is 296 g/mol. The van der Waals surface area contributed by atoms with Crippen LogP contribution in [-0.2, 0) is 21.3 Å². The largest absolute Gasteiger partial charge is 0.324 e. The van der Waals surface area contributed by atoms with E-state index in [4.69, 9.17) is 5.73 Å². The summed E-state index contributed by atoms with van der Waals surface area (Å²) in [4.78, 5) is 11.9. The molecule has 0 aromatic heterocycles. The van der Waals surface area contributed by atoms with Gasteiger partial charge in [-0.25, -0.2) is 0 Å². The highest BCUT2D eigenvalue weighted by Gasteiger charge is 2.18. The molecule has 114 valence electrons. The number of hydrogen-bond donors (Lipinski definition) is 2. The fourth-order valence-electron chi connectivity index (χ4n) is 1.71. The van der Waals surface area contributed by atoms with Gasteiger partial charge in [0.2, 0.25) is 5.91 Å². The Morgan fingerprint density at radius 1 is 1.40 bits per heavy atom. The minimum atomic E-state index is -0.901. The Bertz CT molecular complexity index is 492. The van der Waals surface area contributed by atoms with E-state index in [1.165, 1.54) is 0 Å². The monoisotopic (exact) mass is 318 g/mol. The van der Waals surface area contributed by atoms with E-state index in [1.54, 1.807) is 6.26 Å². The molecule has 6 heteroatoms. The van der Waals surface area contributed by atoms with Crippen molar-refractivity contribution in [3.05, 3.63) is 29.3 Å². The molecule has 0 aliphatic heterocycles. The maximum absolute atomic E-state index is 11.9. The predicted octanol–water partition coefficient (Wildman–Crippen LogP) is 2.22. The Morgan fingerprint density at radius 3 is 2.50 bits per heavy atom. The number of carbonyl (C=O) groups excluding carboxylic acids is 1. The number of nitrogens with two attached hydrogens (primary N) is 1. The molecule has 0 saturated carbocycles. The van der Waals surface area contributed by atoms with Gasteiger partial charge in [0.05, 0.1) is 6.04 Å². The van der Waals surface area contributed by atoms with Gasteiger partial charge in [0.15, 0.2) is 0 Å². The van der Waals surface area contributed by atoms with Crippen molar-refractivity contribution in [1.82, 2.24) is 0 Å². The van der Waals surface area contributed by atoms with E-state index in [0.717, 1.165) is 16.8 Å². The van der Waals surface area contributed by atoms with Gasteiger partial charge in [-0.15, -0.1) is 12.4 Å². The molecule has 1 aromatic rings. The average Bonchev–Trinajstić information content (AvgIpc) is 2.32. The summed E-state index contributed by atoms with van der Waals surface area (Å²) in [5, 5.41) is 2.84.